The summed E-state index contributed by atoms with van der Waals surface area (Å²) in [5, 5.41) is 3.22. The molecule has 1 N–H and O–H groups in total. The van der Waals surface area contributed by atoms with Crippen LogP contribution in [0.1, 0.15) is 12.5 Å². The van der Waals surface area contributed by atoms with Gasteiger partial charge in [0, 0.05) is 10.5 Å². The lowest BCUT2D eigenvalue weighted by molar-refractivity contribution is 0.608. The van der Waals surface area contributed by atoms with Crippen molar-refractivity contribution >= 4 is 28.3 Å². The molecule has 0 spiro atoms. The van der Waals surface area contributed by atoms with Crippen molar-refractivity contribution in [1.82, 2.24) is 5.32 Å². The summed E-state index contributed by atoms with van der Waals surface area (Å²) in [6, 6.07) is 8.97. The van der Waals surface area contributed by atoms with Crippen molar-refractivity contribution < 1.29 is 0 Å². The van der Waals surface area contributed by atoms with Gasteiger partial charge >= 0.3 is 0 Å². The topological polar surface area (TPSA) is 12.0 Å². The van der Waals surface area contributed by atoms with Crippen molar-refractivity contribution in [3.63, 3.8) is 0 Å². The Balaban J connectivity index is 0.00000144. The zero-order valence-electron chi connectivity index (χ0n) is 7.88. The predicted molar refractivity (Wildman–Crippen MR) is 63.6 cm³/mol. The fourth-order valence-corrected chi connectivity index (χ4v) is 1.57. The van der Waals surface area contributed by atoms with E-state index in [2.05, 4.69) is 46.4 Å². The number of nitrogens with one attached hydrogen (secondary N) is 1. The van der Waals surface area contributed by atoms with Crippen LogP contribution in [-0.4, -0.2) is 13.1 Å². The van der Waals surface area contributed by atoms with Crippen LogP contribution in [-0.2, 0) is 6.42 Å². The Kier molecular flexibility index (Phi) is 6.39. The minimum absolute atomic E-state index is 0. The van der Waals surface area contributed by atoms with E-state index in [-0.39, 0.29) is 12.4 Å². The lowest BCUT2D eigenvalue weighted by Gasteiger charge is -2.09. The first kappa shape index (κ1) is 12.9. The molecule has 0 bridgehead atoms. The molecule has 1 atom stereocenters. The maximum absolute atomic E-state index is 3.45. The second kappa shape index (κ2) is 6.41. The highest BCUT2D eigenvalue weighted by Crippen LogP contribution is 2.12. The van der Waals surface area contributed by atoms with E-state index in [0.717, 1.165) is 10.9 Å². The zero-order valence-corrected chi connectivity index (χ0v) is 10.3. The minimum atomic E-state index is 0. The van der Waals surface area contributed by atoms with Crippen molar-refractivity contribution in [2.24, 2.45) is 0 Å². The number of likely N-dealkylation sites (N-methyl/N-ethyl adjacent to an activating group) is 1. The van der Waals surface area contributed by atoms with Crippen LogP contribution in [0.5, 0.6) is 0 Å². The summed E-state index contributed by atoms with van der Waals surface area (Å²) in [5.74, 6) is 0. The molecular formula is C10H15BrClN. The minimum Gasteiger partial charge on any atom is -0.317 e. The molecule has 0 aliphatic rings. The summed E-state index contributed by atoms with van der Waals surface area (Å²) in [7, 11) is 1.99. The van der Waals surface area contributed by atoms with Crippen molar-refractivity contribution in [3.05, 3.63) is 34.3 Å². The number of halogens is 2. The van der Waals surface area contributed by atoms with E-state index >= 15 is 0 Å². The van der Waals surface area contributed by atoms with Crippen molar-refractivity contribution in [3.8, 4) is 0 Å². The second-order valence-corrected chi connectivity index (χ2v) is 3.94. The Hall–Kier alpha value is -0.0500. The van der Waals surface area contributed by atoms with Gasteiger partial charge in [-0.05, 0) is 38.1 Å². The standard InChI is InChI=1S/C10H14BrN.ClH/c1-8(12-2)6-9-4-3-5-10(11)7-9;/h3-5,7-8,12H,6H2,1-2H3;1H. The molecule has 0 amide bonds. The van der Waals surface area contributed by atoms with Crippen LogP contribution in [0.15, 0.2) is 28.7 Å². The summed E-state index contributed by atoms with van der Waals surface area (Å²) in [6.07, 6.45) is 1.08. The highest BCUT2D eigenvalue weighted by Gasteiger charge is 1.99. The van der Waals surface area contributed by atoms with Crippen LogP contribution in [0.25, 0.3) is 0 Å². The van der Waals surface area contributed by atoms with Crippen molar-refractivity contribution in [1.29, 1.82) is 0 Å². The van der Waals surface area contributed by atoms with Gasteiger partial charge in [-0.3, -0.25) is 0 Å². The quantitative estimate of drug-likeness (QED) is 0.885. The number of benzene rings is 1. The molecule has 1 rings (SSSR count). The molecule has 0 aromatic heterocycles. The highest BCUT2D eigenvalue weighted by atomic mass is 79.9. The Morgan fingerprint density at radius 1 is 1.46 bits per heavy atom. The summed E-state index contributed by atoms with van der Waals surface area (Å²) < 4.78 is 1.16. The van der Waals surface area contributed by atoms with E-state index in [1.54, 1.807) is 0 Å². The third kappa shape index (κ3) is 4.65. The number of rotatable bonds is 3. The average molecular weight is 265 g/mol. The van der Waals surface area contributed by atoms with Gasteiger partial charge in [-0.1, -0.05) is 28.1 Å². The molecule has 74 valence electrons. The van der Waals surface area contributed by atoms with Gasteiger partial charge in [0.05, 0.1) is 0 Å². The molecular weight excluding hydrogens is 249 g/mol. The summed E-state index contributed by atoms with van der Waals surface area (Å²) >= 11 is 3.45. The molecule has 0 aliphatic carbocycles. The largest absolute Gasteiger partial charge is 0.317 e. The molecule has 1 unspecified atom stereocenters. The zero-order chi connectivity index (χ0) is 8.97. The van der Waals surface area contributed by atoms with Gasteiger partial charge in [0.25, 0.3) is 0 Å². The van der Waals surface area contributed by atoms with Crippen LogP contribution in [0.3, 0.4) is 0 Å². The third-order valence-corrected chi connectivity index (χ3v) is 2.42. The predicted octanol–water partition coefficient (Wildman–Crippen LogP) is 3.02. The maximum Gasteiger partial charge on any atom is 0.0178 e. The molecule has 0 aliphatic heterocycles. The van der Waals surface area contributed by atoms with E-state index in [9.17, 15) is 0 Å². The molecule has 0 saturated heterocycles. The summed E-state index contributed by atoms with van der Waals surface area (Å²) in [6.45, 7) is 2.18. The number of hydrogen-bond acceptors (Lipinski definition) is 1. The van der Waals surface area contributed by atoms with Gasteiger partial charge in [-0.15, -0.1) is 12.4 Å². The smallest absolute Gasteiger partial charge is 0.0178 e. The third-order valence-electron chi connectivity index (χ3n) is 1.92. The average Bonchev–Trinajstić information content (AvgIpc) is 2.04. The molecule has 13 heavy (non-hydrogen) atoms. The SMILES string of the molecule is CNC(C)Cc1cccc(Br)c1.Cl. The highest BCUT2D eigenvalue weighted by molar-refractivity contribution is 9.10. The van der Waals surface area contributed by atoms with Gasteiger partial charge in [0.1, 0.15) is 0 Å². The van der Waals surface area contributed by atoms with Crippen LogP contribution < -0.4 is 5.32 Å². The van der Waals surface area contributed by atoms with Gasteiger partial charge in [0.2, 0.25) is 0 Å². The van der Waals surface area contributed by atoms with E-state index in [1.807, 2.05) is 13.1 Å². The molecule has 1 nitrogen and oxygen atoms in total. The van der Waals surface area contributed by atoms with Gasteiger partial charge in [-0.25, -0.2) is 0 Å². The lowest BCUT2D eigenvalue weighted by atomic mass is 10.1. The maximum atomic E-state index is 3.45. The fourth-order valence-electron chi connectivity index (χ4n) is 1.12. The molecule has 0 saturated carbocycles. The van der Waals surface area contributed by atoms with Crippen molar-refractivity contribution in [2.75, 3.05) is 7.05 Å². The molecule has 0 radical (unpaired) electrons. The Morgan fingerprint density at radius 3 is 2.69 bits per heavy atom. The van der Waals surface area contributed by atoms with Gasteiger partial charge in [0.15, 0.2) is 0 Å². The van der Waals surface area contributed by atoms with Crippen LogP contribution in [0.4, 0.5) is 0 Å². The van der Waals surface area contributed by atoms with Crippen LogP contribution in [0, 0.1) is 0 Å². The van der Waals surface area contributed by atoms with E-state index in [4.69, 9.17) is 0 Å². The first-order valence-corrected chi connectivity index (χ1v) is 4.93. The Labute approximate surface area is 94.5 Å². The molecule has 3 heteroatoms. The monoisotopic (exact) mass is 263 g/mol. The first-order valence-electron chi connectivity index (χ1n) is 4.14. The van der Waals surface area contributed by atoms with E-state index in [1.165, 1.54) is 5.56 Å². The van der Waals surface area contributed by atoms with Gasteiger partial charge < -0.3 is 5.32 Å². The lowest BCUT2D eigenvalue weighted by Crippen LogP contribution is -2.23. The second-order valence-electron chi connectivity index (χ2n) is 3.02. The summed E-state index contributed by atoms with van der Waals surface area (Å²) in [4.78, 5) is 0. The summed E-state index contributed by atoms with van der Waals surface area (Å²) in [5.41, 5.74) is 1.37. The van der Waals surface area contributed by atoms with Gasteiger partial charge in [-0.2, -0.15) is 0 Å². The molecule has 1 aromatic rings. The van der Waals surface area contributed by atoms with Crippen molar-refractivity contribution in [2.45, 2.75) is 19.4 Å². The van der Waals surface area contributed by atoms with Crippen LogP contribution >= 0.6 is 28.3 Å². The Morgan fingerprint density at radius 2 is 2.15 bits per heavy atom. The van der Waals surface area contributed by atoms with Crippen LogP contribution in [0.2, 0.25) is 0 Å². The number of hydrogen-bond donors (Lipinski definition) is 1. The normalized spacial score (nSPS) is 11.9. The fraction of sp³-hybridized carbons (Fsp3) is 0.400. The van der Waals surface area contributed by atoms with E-state index in [0.29, 0.717) is 6.04 Å². The molecule has 1 aromatic carbocycles. The molecule has 0 fully saturated rings. The Bertz CT molecular complexity index is 252. The molecule has 0 heterocycles. The van der Waals surface area contributed by atoms with E-state index < -0.39 is 0 Å². The first-order chi connectivity index (χ1) is 5.72.